The van der Waals surface area contributed by atoms with Crippen LogP contribution in [0.1, 0.15) is 17.5 Å². The first-order valence-electron chi connectivity index (χ1n) is 9.77. The number of halogens is 1. The molecule has 2 N–H and O–H groups in total. The number of hydrogen-bond acceptors (Lipinski definition) is 5. The van der Waals surface area contributed by atoms with Gasteiger partial charge in [0.25, 0.3) is 0 Å². The molecule has 0 fully saturated rings. The predicted octanol–water partition coefficient (Wildman–Crippen LogP) is 3.63. The molecule has 3 rings (SSSR count). The molecule has 1 aliphatic rings. The van der Waals surface area contributed by atoms with E-state index >= 15 is 0 Å². The summed E-state index contributed by atoms with van der Waals surface area (Å²) in [7, 11) is 1.71. The van der Waals surface area contributed by atoms with Gasteiger partial charge in [-0.3, -0.25) is 14.5 Å². The molecule has 7 nitrogen and oxygen atoms in total. The van der Waals surface area contributed by atoms with Gasteiger partial charge < -0.3 is 20.1 Å². The number of likely N-dealkylation sites (N-methyl/N-ethyl adjacent to an activating group) is 1. The van der Waals surface area contributed by atoms with Crippen LogP contribution in [-0.2, 0) is 9.59 Å². The van der Waals surface area contributed by atoms with E-state index in [4.69, 9.17) is 21.1 Å². The Bertz CT molecular complexity index is 948. The van der Waals surface area contributed by atoms with Crippen molar-refractivity contribution in [2.24, 2.45) is 0 Å². The highest BCUT2D eigenvalue weighted by Crippen LogP contribution is 2.37. The second-order valence-corrected chi connectivity index (χ2v) is 7.75. The quantitative estimate of drug-likeness (QED) is 0.730. The molecule has 0 aromatic heterocycles. The molecule has 30 heavy (non-hydrogen) atoms. The van der Waals surface area contributed by atoms with E-state index < -0.39 is 0 Å². The Morgan fingerprint density at radius 1 is 1.00 bits per heavy atom. The van der Waals surface area contributed by atoms with E-state index in [0.717, 1.165) is 23.2 Å². The molecule has 0 radical (unpaired) electrons. The largest absolute Gasteiger partial charge is 0.490 e. The zero-order chi connectivity index (χ0) is 21.7. The Labute approximate surface area is 181 Å². The van der Waals surface area contributed by atoms with Crippen molar-refractivity contribution in [3.8, 4) is 11.5 Å². The van der Waals surface area contributed by atoms with Crippen molar-refractivity contribution in [1.29, 1.82) is 0 Å². The third kappa shape index (κ3) is 5.64. The van der Waals surface area contributed by atoms with Crippen molar-refractivity contribution >= 4 is 34.8 Å². The molecule has 0 aliphatic carbocycles. The molecule has 8 heteroatoms. The molecule has 0 saturated carbocycles. The number of carbonyl (C=O) groups excluding carboxylic acids is 2. The molecule has 0 bridgehead atoms. The minimum absolute atomic E-state index is 0.0327. The van der Waals surface area contributed by atoms with E-state index in [1.165, 1.54) is 0 Å². The Hall–Kier alpha value is -2.77. The first-order valence-corrected chi connectivity index (χ1v) is 10.1. The minimum atomic E-state index is -0.284. The monoisotopic (exact) mass is 431 g/mol. The summed E-state index contributed by atoms with van der Waals surface area (Å²) in [5, 5.41) is 6.03. The van der Waals surface area contributed by atoms with Crippen LogP contribution in [0.5, 0.6) is 11.5 Å². The average molecular weight is 432 g/mol. The standard InChI is InChI=1S/C22H26ClN3O4/c1-14-6-4-7-17(15(14)2)24-21(27)12-26(3)13-22(28)25-18-11-20-19(10-16(18)23)29-8-5-9-30-20/h4,6-7,10-11H,5,8-9,12-13H2,1-3H3,(H,24,27)(H,25,28). The van der Waals surface area contributed by atoms with Gasteiger partial charge in [0, 0.05) is 24.2 Å². The van der Waals surface area contributed by atoms with Gasteiger partial charge in [0.2, 0.25) is 11.8 Å². The van der Waals surface area contributed by atoms with E-state index in [9.17, 15) is 9.59 Å². The molecule has 160 valence electrons. The van der Waals surface area contributed by atoms with E-state index in [0.29, 0.717) is 35.4 Å². The van der Waals surface area contributed by atoms with Crippen molar-refractivity contribution in [2.75, 3.05) is 44.0 Å². The summed E-state index contributed by atoms with van der Waals surface area (Å²) in [5.74, 6) is 0.644. The van der Waals surface area contributed by atoms with E-state index in [1.54, 1.807) is 24.1 Å². The highest BCUT2D eigenvalue weighted by atomic mass is 35.5. The molecule has 1 aliphatic heterocycles. The SMILES string of the molecule is Cc1cccc(NC(=O)CN(C)CC(=O)Nc2cc3c(cc2Cl)OCCCO3)c1C. The third-order valence-electron chi connectivity index (χ3n) is 4.82. The van der Waals surface area contributed by atoms with Crippen LogP contribution in [0, 0.1) is 13.8 Å². The van der Waals surface area contributed by atoms with Gasteiger partial charge in [0.05, 0.1) is 37.0 Å². The van der Waals surface area contributed by atoms with Crippen molar-refractivity contribution in [3.63, 3.8) is 0 Å². The van der Waals surface area contributed by atoms with Crippen LogP contribution in [0.4, 0.5) is 11.4 Å². The molecular formula is C22H26ClN3O4. The maximum absolute atomic E-state index is 12.4. The van der Waals surface area contributed by atoms with Crippen LogP contribution in [0.25, 0.3) is 0 Å². The Morgan fingerprint density at radius 2 is 1.60 bits per heavy atom. The highest BCUT2D eigenvalue weighted by molar-refractivity contribution is 6.34. The smallest absolute Gasteiger partial charge is 0.238 e. The van der Waals surface area contributed by atoms with E-state index in [-0.39, 0.29) is 24.9 Å². The third-order valence-corrected chi connectivity index (χ3v) is 5.13. The number of aryl methyl sites for hydroxylation is 1. The fourth-order valence-corrected chi connectivity index (χ4v) is 3.29. The average Bonchev–Trinajstić information content (AvgIpc) is 2.90. The number of carbonyl (C=O) groups is 2. The number of anilines is 2. The Kier molecular flexibility index (Phi) is 7.18. The van der Waals surface area contributed by atoms with Gasteiger partial charge in [-0.15, -0.1) is 0 Å². The zero-order valence-electron chi connectivity index (χ0n) is 17.4. The lowest BCUT2D eigenvalue weighted by Gasteiger charge is -2.18. The lowest BCUT2D eigenvalue weighted by molar-refractivity contribution is -0.119. The normalized spacial score (nSPS) is 13.0. The van der Waals surface area contributed by atoms with Crippen LogP contribution in [0.15, 0.2) is 30.3 Å². The molecule has 0 spiro atoms. The van der Waals surface area contributed by atoms with Gasteiger partial charge >= 0.3 is 0 Å². The van der Waals surface area contributed by atoms with Crippen LogP contribution >= 0.6 is 11.6 Å². The van der Waals surface area contributed by atoms with Gasteiger partial charge in [-0.25, -0.2) is 0 Å². The topological polar surface area (TPSA) is 79.9 Å². The van der Waals surface area contributed by atoms with Crippen molar-refractivity contribution in [1.82, 2.24) is 4.90 Å². The first kappa shape index (κ1) is 21.9. The number of ether oxygens (including phenoxy) is 2. The van der Waals surface area contributed by atoms with Crippen LogP contribution < -0.4 is 20.1 Å². The van der Waals surface area contributed by atoms with Crippen molar-refractivity contribution < 1.29 is 19.1 Å². The maximum Gasteiger partial charge on any atom is 0.238 e. The Morgan fingerprint density at radius 3 is 2.27 bits per heavy atom. The number of nitrogens with zero attached hydrogens (tertiary/aromatic N) is 1. The summed E-state index contributed by atoms with van der Waals surface area (Å²) < 4.78 is 11.2. The van der Waals surface area contributed by atoms with Crippen LogP contribution in [0.3, 0.4) is 0 Å². The van der Waals surface area contributed by atoms with Gasteiger partial charge in [0.15, 0.2) is 11.5 Å². The molecule has 1 heterocycles. The van der Waals surface area contributed by atoms with Gasteiger partial charge in [-0.1, -0.05) is 23.7 Å². The molecule has 0 atom stereocenters. The Balaban J connectivity index is 1.55. The summed E-state index contributed by atoms with van der Waals surface area (Å²) in [6.45, 7) is 5.16. The number of amides is 2. The summed E-state index contributed by atoms with van der Waals surface area (Å²) in [5.41, 5.74) is 3.35. The van der Waals surface area contributed by atoms with Crippen LogP contribution in [0.2, 0.25) is 5.02 Å². The second kappa shape index (κ2) is 9.82. The number of hydrogen-bond donors (Lipinski definition) is 2. The first-order chi connectivity index (χ1) is 14.3. The maximum atomic E-state index is 12.4. The highest BCUT2D eigenvalue weighted by Gasteiger charge is 2.17. The molecule has 2 aromatic rings. The minimum Gasteiger partial charge on any atom is -0.490 e. The van der Waals surface area contributed by atoms with E-state index in [2.05, 4.69) is 10.6 Å². The van der Waals surface area contributed by atoms with Gasteiger partial charge in [-0.2, -0.15) is 0 Å². The lowest BCUT2D eigenvalue weighted by Crippen LogP contribution is -2.36. The number of nitrogens with one attached hydrogen (secondary N) is 2. The van der Waals surface area contributed by atoms with Gasteiger partial charge in [-0.05, 0) is 38.1 Å². The summed E-state index contributed by atoms with van der Waals surface area (Å²) in [6, 6.07) is 9.05. The van der Waals surface area contributed by atoms with Crippen LogP contribution in [-0.4, -0.2) is 50.1 Å². The summed E-state index contributed by atoms with van der Waals surface area (Å²) in [4.78, 5) is 26.4. The fourth-order valence-electron chi connectivity index (χ4n) is 3.09. The predicted molar refractivity (Wildman–Crippen MR) is 118 cm³/mol. The lowest BCUT2D eigenvalue weighted by atomic mass is 10.1. The molecular weight excluding hydrogens is 406 g/mol. The number of benzene rings is 2. The van der Waals surface area contributed by atoms with E-state index in [1.807, 2.05) is 32.0 Å². The van der Waals surface area contributed by atoms with Gasteiger partial charge in [0.1, 0.15) is 0 Å². The van der Waals surface area contributed by atoms with Crippen molar-refractivity contribution in [2.45, 2.75) is 20.3 Å². The zero-order valence-corrected chi connectivity index (χ0v) is 18.1. The van der Waals surface area contributed by atoms with Crippen molar-refractivity contribution in [3.05, 3.63) is 46.5 Å². The second-order valence-electron chi connectivity index (χ2n) is 7.35. The number of fused-ring (bicyclic) bond motifs is 1. The summed E-state index contributed by atoms with van der Waals surface area (Å²) in [6.07, 6.45) is 0.781. The molecule has 0 unspecified atom stereocenters. The summed E-state index contributed by atoms with van der Waals surface area (Å²) >= 11 is 6.27. The molecule has 2 aromatic carbocycles. The fraction of sp³-hybridized carbons (Fsp3) is 0.364. The molecule has 2 amide bonds. The molecule has 0 saturated heterocycles. The number of rotatable bonds is 6.